The number of carbonyl (C=O) groups excluding carboxylic acids is 1. The lowest BCUT2D eigenvalue weighted by Crippen LogP contribution is -2.24. The highest BCUT2D eigenvalue weighted by Gasteiger charge is 2.15. The Hall–Kier alpha value is -2.53. The van der Waals surface area contributed by atoms with E-state index in [1.54, 1.807) is 18.2 Å². The van der Waals surface area contributed by atoms with Gasteiger partial charge in [-0.2, -0.15) is 0 Å². The Morgan fingerprint density at radius 2 is 1.86 bits per heavy atom. The van der Waals surface area contributed by atoms with Crippen molar-refractivity contribution in [2.45, 2.75) is 13.2 Å². The standard InChI is InChI=1S/C16H18N2O3/c1-21-14-4-2-3-13(17)15(14)16(20)18-9-11-5-7-12(10-19)8-6-11/h2-8,19H,9-10,17H2,1H3,(H,18,20). The molecule has 0 aliphatic carbocycles. The van der Waals surface area contributed by atoms with Crippen LogP contribution in [-0.2, 0) is 13.2 Å². The first-order valence-electron chi connectivity index (χ1n) is 6.55. The number of nitrogens with two attached hydrogens (primary N) is 1. The summed E-state index contributed by atoms with van der Waals surface area (Å²) < 4.78 is 5.16. The molecule has 21 heavy (non-hydrogen) atoms. The fourth-order valence-corrected chi connectivity index (χ4v) is 1.99. The number of methoxy groups -OCH3 is 1. The van der Waals surface area contributed by atoms with E-state index in [4.69, 9.17) is 15.6 Å². The van der Waals surface area contributed by atoms with Gasteiger partial charge in [-0.25, -0.2) is 0 Å². The molecule has 0 unspecified atom stereocenters. The normalized spacial score (nSPS) is 10.2. The van der Waals surface area contributed by atoms with E-state index in [9.17, 15) is 4.79 Å². The van der Waals surface area contributed by atoms with Crippen LogP contribution >= 0.6 is 0 Å². The maximum Gasteiger partial charge on any atom is 0.257 e. The molecule has 2 aromatic rings. The second-order valence-corrected chi connectivity index (χ2v) is 4.58. The molecular weight excluding hydrogens is 268 g/mol. The molecule has 0 fully saturated rings. The van der Waals surface area contributed by atoms with Crippen molar-refractivity contribution in [3.05, 3.63) is 59.2 Å². The first-order chi connectivity index (χ1) is 10.2. The average molecular weight is 286 g/mol. The van der Waals surface area contributed by atoms with E-state index in [1.165, 1.54) is 7.11 Å². The molecule has 0 aromatic heterocycles. The number of aliphatic hydroxyl groups excluding tert-OH is 1. The van der Waals surface area contributed by atoms with E-state index in [-0.39, 0.29) is 12.5 Å². The summed E-state index contributed by atoms with van der Waals surface area (Å²) in [5, 5.41) is 11.8. The second-order valence-electron chi connectivity index (χ2n) is 4.58. The number of ether oxygens (including phenoxy) is 1. The molecule has 2 rings (SSSR count). The van der Waals surface area contributed by atoms with Crippen LogP contribution in [0.4, 0.5) is 5.69 Å². The highest BCUT2D eigenvalue weighted by atomic mass is 16.5. The number of aliphatic hydroxyl groups is 1. The Morgan fingerprint density at radius 3 is 2.48 bits per heavy atom. The van der Waals surface area contributed by atoms with Crippen LogP contribution in [0.25, 0.3) is 0 Å². The summed E-state index contributed by atoms with van der Waals surface area (Å²) in [5.41, 5.74) is 8.32. The highest BCUT2D eigenvalue weighted by Crippen LogP contribution is 2.23. The van der Waals surface area contributed by atoms with E-state index < -0.39 is 0 Å². The zero-order chi connectivity index (χ0) is 15.2. The van der Waals surface area contributed by atoms with Crippen LogP contribution < -0.4 is 15.8 Å². The van der Waals surface area contributed by atoms with Gasteiger partial charge in [-0.3, -0.25) is 4.79 Å². The summed E-state index contributed by atoms with van der Waals surface area (Å²) in [4.78, 5) is 12.2. The Balaban J connectivity index is 2.08. The molecule has 4 N–H and O–H groups in total. The van der Waals surface area contributed by atoms with E-state index in [0.29, 0.717) is 23.5 Å². The zero-order valence-electron chi connectivity index (χ0n) is 11.8. The van der Waals surface area contributed by atoms with E-state index >= 15 is 0 Å². The Labute approximate surface area is 123 Å². The van der Waals surface area contributed by atoms with Gasteiger partial charge in [-0.1, -0.05) is 30.3 Å². The monoisotopic (exact) mass is 286 g/mol. The quantitative estimate of drug-likeness (QED) is 0.730. The third kappa shape index (κ3) is 3.52. The summed E-state index contributed by atoms with van der Waals surface area (Å²) >= 11 is 0. The fourth-order valence-electron chi connectivity index (χ4n) is 1.99. The van der Waals surface area contributed by atoms with Gasteiger partial charge in [-0.05, 0) is 23.3 Å². The predicted molar refractivity (Wildman–Crippen MR) is 80.9 cm³/mol. The second kappa shape index (κ2) is 6.76. The van der Waals surface area contributed by atoms with Crippen molar-refractivity contribution in [3.8, 4) is 5.75 Å². The molecule has 2 aromatic carbocycles. The minimum atomic E-state index is -0.281. The molecule has 0 aliphatic rings. The lowest BCUT2D eigenvalue weighted by Gasteiger charge is -2.11. The highest BCUT2D eigenvalue weighted by molar-refractivity contribution is 6.01. The molecule has 5 heteroatoms. The van der Waals surface area contributed by atoms with Crippen LogP contribution in [0.1, 0.15) is 21.5 Å². The van der Waals surface area contributed by atoms with Crippen molar-refractivity contribution in [1.82, 2.24) is 5.32 Å². The molecular formula is C16H18N2O3. The van der Waals surface area contributed by atoms with Crippen molar-refractivity contribution in [2.75, 3.05) is 12.8 Å². The van der Waals surface area contributed by atoms with E-state index in [1.807, 2.05) is 24.3 Å². The Bertz CT molecular complexity index is 624. The van der Waals surface area contributed by atoms with Crippen LogP contribution in [0.2, 0.25) is 0 Å². The Morgan fingerprint density at radius 1 is 1.19 bits per heavy atom. The van der Waals surface area contributed by atoms with Crippen LogP contribution in [0.5, 0.6) is 5.75 Å². The molecule has 110 valence electrons. The van der Waals surface area contributed by atoms with Gasteiger partial charge in [-0.15, -0.1) is 0 Å². The SMILES string of the molecule is COc1cccc(N)c1C(=O)NCc1ccc(CO)cc1. The van der Waals surface area contributed by atoms with Crippen molar-refractivity contribution >= 4 is 11.6 Å². The number of nitrogens with one attached hydrogen (secondary N) is 1. The van der Waals surface area contributed by atoms with Crippen LogP contribution in [0.3, 0.4) is 0 Å². The topological polar surface area (TPSA) is 84.6 Å². The van der Waals surface area contributed by atoms with Crippen molar-refractivity contribution in [1.29, 1.82) is 0 Å². The lowest BCUT2D eigenvalue weighted by atomic mass is 10.1. The summed E-state index contributed by atoms with van der Waals surface area (Å²) in [6.45, 7) is 0.381. The predicted octanol–water partition coefficient (Wildman–Crippen LogP) is 1.70. The minimum Gasteiger partial charge on any atom is -0.496 e. The Kier molecular flexibility index (Phi) is 4.79. The maximum absolute atomic E-state index is 12.2. The first kappa shape index (κ1) is 14.9. The van der Waals surface area contributed by atoms with Gasteiger partial charge in [0, 0.05) is 12.2 Å². The number of anilines is 1. The summed E-state index contributed by atoms with van der Waals surface area (Å²) in [7, 11) is 1.50. The number of rotatable bonds is 5. The van der Waals surface area contributed by atoms with Gasteiger partial charge in [0.15, 0.2) is 0 Å². The zero-order valence-corrected chi connectivity index (χ0v) is 11.8. The molecule has 0 heterocycles. The number of carbonyl (C=O) groups is 1. The minimum absolute atomic E-state index is 0.00435. The molecule has 0 aliphatic heterocycles. The summed E-state index contributed by atoms with van der Waals surface area (Å²) in [5.74, 6) is 0.166. The summed E-state index contributed by atoms with van der Waals surface area (Å²) in [6, 6.07) is 12.4. The van der Waals surface area contributed by atoms with Gasteiger partial charge >= 0.3 is 0 Å². The molecule has 0 saturated carbocycles. The number of benzene rings is 2. The number of amides is 1. The maximum atomic E-state index is 12.2. The first-order valence-corrected chi connectivity index (χ1v) is 6.55. The molecule has 5 nitrogen and oxygen atoms in total. The van der Waals surface area contributed by atoms with Gasteiger partial charge in [0.25, 0.3) is 5.91 Å². The lowest BCUT2D eigenvalue weighted by molar-refractivity contribution is 0.0949. The molecule has 0 atom stereocenters. The van der Waals surface area contributed by atoms with Crippen LogP contribution in [-0.4, -0.2) is 18.1 Å². The van der Waals surface area contributed by atoms with Gasteiger partial charge < -0.3 is 20.9 Å². The third-order valence-electron chi connectivity index (χ3n) is 3.16. The number of hydrogen-bond donors (Lipinski definition) is 3. The van der Waals surface area contributed by atoms with Gasteiger partial charge in [0.2, 0.25) is 0 Å². The van der Waals surface area contributed by atoms with E-state index in [2.05, 4.69) is 5.32 Å². The largest absolute Gasteiger partial charge is 0.496 e. The van der Waals surface area contributed by atoms with E-state index in [0.717, 1.165) is 11.1 Å². The van der Waals surface area contributed by atoms with Gasteiger partial charge in [0.1, 0.15) is 11.3 Å². The smallest absolute Gasteiger partial charge is 0.257 e. The van der Waals surface area contributed by atoms with Crippen molar-refractivity contribution in [3.63, 3.8) is 0 Å². The average Bonchev–Trinajstić information content (AvgIpc) is 2.52. The van der Waals surface area contributed by atoms with Crippen LogP contribution in [0.15, 0.2) is 42.5 Å². The third-order valence-corrected chi connectivity index (χ3v) is 3.16. The van der Waals surface area contributed by atoms with Gasteiger partial charge in [0.05, 0.1) is 13.7 Å². The summed E-state index contributed by atoms with van der Waals surface area (Å²) in [6.07, 6.45) is 0. The fraction of sp³-hybridized carbons (Fsp3) is 0.188. The molecule has 0 radical (unpaired) electrons. The molecule has 0 saturated heterocycles. The molecule has 0 spiro atoms. The van der Waals surface area contributed by atoms with Crippen molar-refractivity contribution < 1.29 is 14.6 Å². The molecule has 1 amide bonds. The molecule has 0 bridgehead atoms. The van der Waals surface area contributed by atoms with Crippen LogP contribution in [0, 0.1) is 0 Å². The number of hydrogen-bond acceptors (Lipinski definition) is 4. The number of nitrogen functional groups attached to an aromatic ring is 1. The van der Waals surface area contributed by atoms with Crippen molar-refractivity contribution in [2.24, 2.45) is 0 Å².